The van der Waals surface area contributed by atoms with E-state index in [1.165, 1.54) is 120 Å². The maximum atomic E-state index is 3.91. The fraction of sp³-hybridized carbons (Fsp3) is 0.250. The molecule has 0 heterocycles. The van der Waals surface area contributed by atoms with Gasteiger partial charge in [0, 0.05) is 32.3 Å². The van der Waals surface area contributed by atoms with Crippen molar-refractivity contribution in [2.75, 3.05) is 0 Å². The van der Waals surface area contributed by atoms with Gasteiger partial charge in [-0.25, -0.2) is 20.8 Å². The molecule has 464 valence electrons. The molecule has 2 aliphatic rings. The molecular formula is C80H96Cl2Si6Zr2-2. The van der Waals surface area contributed by atoms with Crippen LogP contribution in [0.3, 0.4) is 0 Å². The van der Waals surface area contributed by atoms with Crippen molar-refractivity contribution < 1.29 is 73.3 Å². The second-order valence-corrected chi connectivity index (χ2v) is 63.0. The van der Waals surface area contributed by atoms with E-state index in [1.807, 2.05) is 0 Å². The normalized spacial score (nSPS) is 14.8. The van der Waals surface area contributed by atoms with Crippen molar-refractivity contribution >= 4 is 97.9 Å². The average molecular weight is 1480 g/mol. The number of allylic oxidation sites excluding steroid dienone is 8. The topological polar surface area (TPSA) is 0 Å². The van der Waals surface area contributed by atoms with Gasteiger partial charge in [-0.3, -0.25) is 12.2 Å². The molecule has 0 radical (unpaired) electrons. The zero-order valence-corrected chi connectivity index (χ0v) is 69.4. The van der Waals surface area contributed by atoms with Crippen molar-refractivity contribution in [3.05, 3.63) is 298 Å². The number of halogens is 2. The zero-order chi connectivity index (χ0) is 64.2. The molecular weight excluding hydrogens is 1380 g/mol. The third kappa shape index (κ3) is 21.4. The number of fused-ring (bicyclic) bond motifs is 6. The maximum Gasteiger partial charge on any atom is -0.0771 e. The van der Waals surface area contributed by atoms with E-state index in [1.54, 1.807) is 20.8 Å². The minimum absolute atomic E-state index is 0. The monoisotopic (exact) mass is 1470 g/mol. The molecule has 10 aromatic rings. The van der Waals surface area contributed by atoms with E-state index in [-0.39, 0.29) is 24.8 Å². The van der Waals surface area contributed by atoms with Crippen LogP contribution in [0, 0.1) is 12.2 Å². The largest absolute Gasteiger partial charge is 0.126 e. The van der Waals surface area contributed by atoms with Gasteiger partial charge in [0.2, 0.25) is 0 Å². The molecule has 0 aromatic heterocycles. The quantitative estimate of drug-likeness (QED) is 0.0946. The Bertz CT molecular complexity index is 3550. The Labute approximate surface area is 591 Å². The molecule has 12 rings (SSSR count). The Hall–Kier alpha value is -4.15. The summed E-state index contributed by atoms with van der Waals surface area (Å²) in [7, 11) is -7.10. The smallest absolute Gasteiger partial charge is 0.0771 e. The molecule has 0 N–H and O–H groups in total. The molecule has 0 saturated heterocycles. The van der Waals surface area contributed by atoms with Crippen molar-refractivity contribution in [1.29, 1.82) is 0 Å². The Balaban J connectivity index is 0.000000196. The Morgan fingerprint density at radius 2 is 0.489 bits per heavy atom. The van der Waals surface area contributed by atoms with Crippen LogP contribution in [-0.4, -0.2) is 54.9 Å². The van der Waals surface area contributed by atoms with Crippen molar-refractivity contribution in [2.24, 2.45) is 0 Å². The van der Waals surface area contributed by atoms with Gasteiger partial charge in [0.05, 0.1) is 0 Å². The summed E-state index contributed by atoms with van der Waals surface area (Å²) in [5, 5.41) is 17.5. The summed E-state index contributed by atoms with van der Waals surface area (Å²) >= 11 is 2.92. The van der Waals surface area contributed by atoms with E-state index in [2.05, 4.69) is 373 Å². The van der Waals surface area contributed by atoms with Gasteiger partial charge < -0.3 is 24.8 Å². The Kier molecular flexibility index (Phi) is 28.3. The van der Waals surface area contributed by atoms with Gasteiger partial charge in [0.25, 0.3) is 0 Å². The first kappa shape index (κ1) is 76.6. The van der Waals surface area contributed by atoms with Gasteiger partial charge in [0.15, 0.2) is 0 Å². The van der Waals surface area contributed by atoms with Crippen molar-refractivity contribution in [3.8, 4) is 0 Å². The molecule has 90 heavy (non-hydrogen) atoms. The molecule has 0 amide bonds. The first-order valence-electron chi connectivity index (χ1n) is 31.5. The molecule has 0 saturated carbocycles. The third-order valence-corrected chi connectivity index (χ3v) is 31.7. The van der Waals surface area contributed by atoms with Crippen LogP contribution in [0.4, 0.5) is 0 Å². The summed E-state index contributed by atoms with van der Waals surface area (Å²) in [6.45, 7) is 44.5. The molecule has 0 bridgehead atoms. The van der Waals surface area contributed by atoms with Crippen molar-refractivity contribution in [2.45, 2.75) is 129 Å². The van der Waals surface area contributed by atoms with Gasteiger partial charge in [-0.15, -0.1) is 90.6 Å². The van der Waals surface area contributed by atoms with Crippen LogP contribution >= 0.6 is 0 Å². The minimum atomic E-state index is -1.22. The van der Waals surface area contributed by atoms with E-state index in [0.717, 1.165) is 0 Å². The first-order valence-corrected chi connectivity index (χ1v) is 55.1. The van der Waals surface area contributed by atoms with E-state index >= 15 is 0 Å². The van der Waals surface area contributed by atoms with Gasteiger partial charge in [-0.2, -0.15) is 12.2 Å². The fourth-order valence-corrected chi connectivity index (χ4v) is 26.2. The van der Waals surface area contributed by atoms with Crippen LogP contribution in [0.5, 0.6) is 0 Å². The van der Waals surface area contributed by atoms with Crippen LogP contribution in [0.15, 0.2) is 263 Å². The Morgan fingerprint density at radius 3 is 0.667 bits per heavy atom. The van der Waals surface area contributed by atoms with Crippen LogP contribution in [0.25, 0.3) is 43.1 Å². The van der Waals surface area contributed by atoms with Crippen molar-refractivity contribution in [3.63, 3.8) is 0 Å². The zero-order valence-electron chi connectivity index (χ0n) is 57.0. The molecule has 10 heteroatoms. The molecule has 0 aliphatic heterocycles. The van der Waals surface area contributed by atoms with E-state index < -0.39 is 48.4 Å². The van der Waals surface area contributed by atoms with E-state index in [9.17, 15) is 0 Å². The van der Waals surface area contributed by atoms with Gasteiger partial charge in [-0.05, 0) is 16.1 Å². The minimum Gasteiger partial charge on any atom is -0.126 e. The summed E-state index contributed by atoms with van der Waals surface area (Å²) in [4.78, 5) is 0. The molecule has 0 spiro atoms. The van der Waals surface area contributed by atoms with Gasteiger partial charge in [0.1, 0.15) is 0 Å². The second-order valence-electron chi connectivity index (χ2n) is 29.7. The van der Waals surface area contributed by atoms with Crippen LogP contribution < -0.4 is 24.8 Å². The molecule has 2 unspecified atom stereocenters. The van der Waals surface area contributed by atoms with Gasteiger partial charge >= 0.3 is 198 Å². The second kappa shape index (κ2) is 33.3. The van der Waals surface area contributed by atoms with Crippen LogP contribution in [0.1, 0.15) is 22.3 Å². The summed E-state index contributed by atoms with van der Waals surface area (Å²) in [6.07, 6.45) is 13.0. The summed E-state index contributed by atoms with van der Waals surface area (Å²) in [5.41, 5.74) is 6.64. The molecule has 10 aromatic carbocycles. The van der Waals surface area contributed by atoms with Crippen LogP contribution in [-0.2, 0) is 48.5 Å². The average Bonchev–Trinajstić information content (AvgIpc) is 1.71. The summed E-state index contributed by atoms with van der Waals surface area (Å²) in [5.74, 6) is 0. The molecule has 2 atom stereocenters. The number of rotatable bonds is 10. The maximum absolute atomic E-state index is 3.91. The summed E-state index contributed by atoms with van der Waals surface area (Å²) < 4.78 is 2.83. The third-order valence-electron chi connectivity index (χ3n) is 16.1. The van der Waals surface area contributed by atoms with Crippen LogP contribution in [0.2, 0.25) is 129 Å². The molecule has 0 fully saturated rings. The predicted octanol–water partition coefficient (Wildman–Crippen LogP) is 17.3. The van der Waals surface area contributed by atoms with E-state index in [4.69, 9.17) is 0 Å². The van der Waals surface area contributed by atoms with Crippen molar-refractivity contribution in [1.82, 2.24) is 0 Å². The SMILES string of the molecule is C[Si](C)(C)C1=[C-]C([Si](C)(C)C)C=C1[Si](C)(C)C.C[Si](C)(C)C1=[C-]C([Si](C)(C)C)C=C1[Si](C)(C)C.[Cl-].[Cl-].[Zr+2]=[C](c1ccccc1)c1ccccc1.[Zr+2]=[C](c1ccccc1)c1ccccc1.c1ccc2c(c1)[cH-]c1ccccc12.c1ccc2c(c1)[cH-]c1ccccc12. The first-order chi connectivity index (χ1) is 41.3. The Morgan fingerprint density at radius 1 is 0.289 bits per heavy atom. The predicted molar refractivity (Wildman–Crippen MR) is 404 cm³/mol. The molecule has 2 aliphatic carbocycles. The standard InChI is InChI=1S/2C14H29Si3.2C13H9.2C13H10.2ClH.2Zr/c2*1-15(2,3)12-10-13(16(4,5)6)14(11-12)17(7,8)9;2*1-3-7-12-10(5-1)9-11-6-2-4-8-13(11)12;2*1-3-7-12(8-4-1)11-13-9-5-2-6-10-13;;;;/h2*10,12H,1-9H3;2*1-9H;2*1-10H;2*1H;;/q4*-1;;;;;2*+2/p-2. The fourth-order valence-electron chi connectivity index (χ4n) is 11.0. The van der Waals surface area contributed by atoms with Gasteiger partial charge in [-0.1, -0.05) is 191 Å². The number of benzene rings is 8. The van der Waals surface area contributed by atoms with E-state index in [0.29, 0.717) is 11.1 Å². The summed E-state index contributed by atoms with van der Waals surface area (Å²) in [6, 6.07) is 80.8. The number of hydrogen-bond donors (Lipinski definition) is 0. The number of hydrogen-bond acceptors (Lipinski definition) is 0. The molecule has 0 nitrogen and oxygen atoms in total.